The lowest BCUT2D eigenvalue weighted by molar-refractivity contribution is 0.646. The molecule has 0 aliphatic carbocycles. The highest BCUT2D eigenvalue weighted by Crippen LogP contribution is 2.17. The fourth-order valence-electron chi connectivity index (χ4n) is 1.85. The van der Waals surface area contributed by atoms with Gasteiger partial charge in [-0.25, -0.2) is 4.21 Å². The molecule has 1 atom stereocenters. The lowest BCUT2D eigenvalue weighted by Crippen LogP contribution is -1.92. The van der Waals surface area contributed by atoms with Crippen LogP contribution in [-0.4, -0.2) is 4.21 Å². The van der Waals surface area contributed by atoms with E-state index in [1.165, 1.54) is 6.08 Å². The first-order valence-electron chi connectivity index (χ1n) is 6.55. The number of halogens is 1. The van der Waals surface area contributed by atoms with Gasteiger partial charge in [-0.1, -0.05) is 48.0 Å². The van der Waals surface area contributed by atoms with Crippen LogP contribution in [0.2, 0.25) is 0 Å². The van der Waals surface area contributed by atoms with E-state index in [2.05, 4.69) is 0 Å². The standard InChI is InChI=1S/C17H17FOS/c1-14-10-12-16(13-11-14)20(19)17(18)9-5-8-15-6-3-2-4-7-15/h2-4,6-7,9-13H,5,8H2,1H3/b17-9-/t20-/m1/s1. The molecule has 2 aromatic carbocycles. The summed E-state index contributed by atoms with van der Waals surface area (Å²) >= 11 is 0. The quantitative estimate of drug-likeness (QED) is 0.789. The summed E-state index contributed by atoms with van der Waals surface area (Å²) in [5.41, 5.74) is 2.22. The largest absolute Gasteiger partial charge is 0.247 e. The minimum atomic E-state index is -1.70. The summed E-state index contributed by atoms with van der Waals surface area (Å²) in [4.78, 5) is 0.504. The van der Waals surface area contributed by atoms with Gasteiger partial charge in [0, 0.05) is 4.90 Å². The van der Waals surface area contributed by atoms with E-state index in [-0.39, 0.29) is 0 Å². The zero-order chi connectivity index (χ0) is 14.4. The molecule has 3 heteroatoms. The van der Waals surface area contributed by atoms with Crippen LogP contribution in [-0.2, 0) is 17.2 Å². The van der Waals surface area contributed by atoms with E-state index in [9.17, 15) is 8.60 Å². The number of hydrogen-bond donors (Lipinski definition) is 0. The fraction of sp³-hybridized carbons (Fsp3) is 0.176. The van der Waals surface area contributed by atoms with Crippen LogP contribution in [0.1, 0.15) is 17.5 Å². The van der Waals surface area contributed by atoms with Gasteiger partial charge in [-0.05, 0) is 43.5 Å². The zero-order valence-electron chi connectivity index (χ0n) is 11.4. The van der Waals surface area contributed by atoms with Crippen molar-refractivity contribution in [1.82, 2.24) is 0 Å². The van der Waals surface area contributed by atoms with Crippen molar-refractivity contribution in [2.24, 2.45) is 0 Å². The molecular formula is C17H17FOS. The SMILES string of the molecule is Cc1ccc([S@@](=O)/C(F)=C\CCc2ccccc2)cc1. The van der Waals surface area contributed by atoms with Gasteiger partial charge in [0.05, 0.1) is 0 Å². The van der Waals surface area contributed by atoms with Crippen molar-refractivity contribution in [3.63, 3.8) is 0 Å². The van der Waals surface area contributed by atoms with Crippen molar-refractivity contribution in [2.45, 2.75) is 24.7 Å². The van der Waals surface area contributed by atoms with Crippen LogP contribution in [0.5, 0.6) is 0 Å². The van der Waals surface area contributed by atoms with E-state index in [0.717, 1.165) is 17.5 Å². The van der Waals surface area contributed by atoms with Gasteiger partial charge in [0.1, 0.15) is 10.8 Å². The van der Waals surface area contributed by atoms with Gasteiger partial charge in [0.25, 0.3) is 0 Å². The zero-order valence-corrected chi connectivity index (χ0v) is 12.2. The lowest BCUT2D eigenvalue weighted by Gasteiger charge is -2.01. The molecule has 0 N–H and O–H groups in total. The molecule has 0 heterocycles. The molecule has 0 aliphatic heterocycles. The molecule has 0 unspecified atom stereocenters. The molecule has 0 spiro atoms. The molecular weight excluding hydrogens is 271 g/mol. The van der Waals surface area contributed by atoms with Gasteiger partial charge in [-0.2, -0.15) is 4.39 Å². The van der Waals surface area contributed by atoms with E-state index in [1.807, 2.05) is 49.4 Å². The van der Waals surface area contributed by atoms with Crippen molar-refractivity contribution in [1.29, 1.82) is 0 Å². The molecule has 0 fully saturated rings. The van der Waals surface area contributed by atoms with Crippen molar-refractivity contribution >= 4 is 10.8 Å². The predicted octanol–water partition coefficient (Wildman–Crippen LogP) is 4.55. The van der Waals surface area contributed by atoms with E-state index in [1.54, 1.807) is 12.1 Å². The van der Waals surface area contributed by atoms with Gasteiger partial charge in [-0.15, -0.1) is 0 Å². The van der Waals surface area contributed by atoms with Crippen molar-refractivity contribution in [3.8, 4) is 0 Å². The summed E-state index contributed by atoms with van der Waals surface area (Å²) in [7, 11) is -1.70. The minimum Gasteiger partial charge on any atom is -0.247 e. The van der Waals surface area contributed by atoms with E-state index in [4.69, 9.17) is 0 Å². The molecule has 2 rings (SSSR count). The number of hydrogen-bond acceptors (Lipinski definition) is 1. The Morgan fingerprint density at radius 2 is 1.75 bits per heavy atom. The molecule has 0 amide bonds. The monoisotopic (exact) mass is 288 g/mol. The van der Waals surface area contributed by atoms with Gasteiger partial charge in [-0.3, -0.25) is 0 Å². The summed E-state index contributed by atoms with van der Waals surface area (Å²) in [5.74, 6) is 0. The van der Waals surface area contributed by atoms with E-state index < -0.39 is 16.0 Å². The second-order valence-corrected chi connectivity index (χ2v) is 6.01. The molecule has 2 aromatic rings. The maximum Gasteiger partial charge on any atom is 0.187 e. The molecule has 0 radical (unpaired) electrons. The second-order valence-electron chi connectivity index (χ2n) is 4.61. The summed E-state index contributed by atoms with van der Waals surface area (Å²) in [6.45, 7) is 1.94. The minimum absolute atomic E-state index is 0.504. The first kappa shape index (κ1) is 14.7. The third-order valence-electron chi connectivity index (χ3n) is 2.99. The average Bonchev–Trinajstić information content (AvgIpc) is 2.48. The summed E-state index contributed by atoms with van der Waals surface area (Å²) < 4.78 is 25.8. The first-order valence-corrected chi connectivity index (χ1v) is 7.70. The number of aryl methyl sites for hydroxylation is 2. The van der Waals surface area contributed by atoms with Gasteiger partial charge >= 0.3 is 0 Å². The maximum absolute atomic E-state index is 13.8. The number of allylic oxidation sites excluding steroid dienone is 1. The summed E-state index contributed by atoms with van der Waals surface area (Å²) in [5, 5.41) is -0.565. The van der Waals surface area contributed by atoms with E-state index in [0.29, 0.717) is 11.3 Å². The molecule has 0 aromatic heterocycles. The van der Waals surface area contributed by atoms with Crippen LogP contribution in [0.25, 0.3) is 0 Å². The van der Waals surface area contributed by atoms with Gasteiger partial charge < -0.3 is 0 Å². The topological polar surface area (TPSA) is 17.1 Å². The Morgan fingerprint density at radius 3 is 2.40 bits per heavy atom. The first-order chi connectivity index (χ1) is 9.66. The Morgan fingerprint density at radius 1 is 1.10 bits per heavy atom. The van der Waals surface area contributed by atoms with Crippen molar-refractivity contribution < 1.29 is 8.60 Å². The molecule has 0 bridgehead atoms. The third kappa shape index (κ3) is 4.14. The van der Waals surface area contributed by atoms with Crippen LogP contribution in [0.4, 0.5) is 4.39 Å². The fourth-order valence-corrected chi connectivity index (χ4v) is 2.72. The molecule has 0 saturated heterocycles. The smallest absolute Gasteiger partial charge is 0.187 e. The predicted molar refractivity (Wildman–Crippen MR) is 81.5 cm³/mol. The molecule has 1 nitrogen and oxygen atoms in total. The van der Waals surface area contributed by atoms with Crippen LogP contribution in [0.15, 0.2) is 70.7 Å². The van der Waals surface area contributed by atoms with Crippen LogP contribution in [0, 0.1) is 6.92 Å². The highest BCUT2D eigenvalue weighted by atomic mass is 32.2. The number of benzene rings is 2. The molecule has 0 aliphatic rings. The molecule has 0 saturated carbocycles. The molecule has 104 valence electrons. The van der Waals surface area contributed by atoms with Crippen LogP contribution >= 0.6 is 0 Å². The lowest BCUT2D eigenvalue weighted by atomic mass is 10.1. The van der Waals surface area contributed by atoms with Crippen LogP contribution < -0.4 is 0 Å². The summed E-state index contributed by atoms with van der Waals surface area (Å²) in [6.07, 6.45) is 2.72. The van der Waals surface area contributed by atoms with E-state index >= 15 is 0 Å². The highest BCUT2D eigenvalue weighted by Gasteiger charge is 2.09. The second kappa shape index (κ2) is 7.15. The molecule has 20 heavy (non-hydrogen) atoms. The van der Waals surface area contributed by atoms with Crippen LogP contribution in [0.3, 0.4) is 0 Å². The Hall–Kier alpha value is -1.74. The summed E-state index contributed by atoms with van der Waals surface area (Å²) in [6, 6.07) is 17.0. The van der Waals surface area contributed by atoms with Gasteiger partial charge in [0.2, 0.25) is 0 Å². The Kier molecular flexibility index (Phi) is 5.24. The highest BCUT2D eigenvalue weighted by molar-refractivity contribution is 7.88. The Balaban J connectivity index is 1.96. The Bertz CT molecular complexity index is 603. The third-order valence-corrected chi connectivity index (χ3v) is 4.21. The van der Waals surface area contributed by atoms with Gasteiger partial charge in [0.15, 0.2) is 5.16 Å². The number of rotatable bonds is 5. The maximum atomic E-state index is 13.8. The van der Waals surface area contributed by atoms with Crippen molar-refractivity contribution in [3.05, 3.63) is 77.0 Å². The van der Waals surface area contributed by atoms with Crippen molar-refractivity contribution in [2.75, 3.05) is 0 Å². The Labute approximate surface area is 121 Å². The average molecular weight is 288 g/mol. The normalized spacial score (nSPS) is 13.2.